The first kappa shape index (κ1) is 30.9. The van der Waals surface area contributed by atoms with E-state index >= 15 is 0 Å². The number of anilines is 1. The van der Waals surface area contributed by atoms with E-state index in [4.69, 9.17) is 5.73 Å². The number of fused-ring (bicyclic) bond motifs is 3. The molecule has 1 heterocycles. The van der Waals surface area contributed by atoms with E-state index < -0.39 is 64.4 Å². The molecule has 4 N–H and O–H groups in total. The number of aromatic hydroxyl groups is 1. The molecule has 1 aromatic carbocycles. The third-order valence-corrected chi connectivity index (χ3v) is 11.6. The van der Waals surface area contributed by atoms with Crippen molar-refractivity contribution in [2.75, 3.05) is 46.2 Å². The zero-order valence-corrected chi connectivity index (χ0v) is 26.1. The number of piperidine rings is 1. The topological polar surface area (TPSA) is 162 Å². The van der Waals surface area contributed by atoms with Gasteiger partial charge in [0.2, 0.25) is 5.91 Å². The van der Waals surface area contributed by atoms with Crippen molar-refractivity contribution in [1.82, 2.24) is 9.80 Å². The smallest absolute Gasteiger partial charge is 0.235 e. The van der Waals surface area contributed by atoms with Crippen LogP contribution < -0.4 is 10.6 Å². The number of benzene rings is 1. The van der Waals surface area contributed by atoms with Crippen LogP contribution >= 0.6 is 0 Å². The van der Waals surface area contributed by atoms with E-state index in [1.54, 1.807) is 14.1 Å². The third kappa shape index (κ3) is 4.45. The lowest BCUT2D eigenvalue weighted by Gasteiger charge is -2.52. The Balaban J connectivity index is 1.37. The molecule has 3 saturated carbocycles. The summed E-state index contributed by atoms with van der Waals surface area (Å²) >= 11 is 0. The van der Waals surface area contributed by atoms with Gasteiger partial charge in [-0.05, 0) is 88.7 Å². The molecule has 238 valence electrons. The number of nitrogens with two attached hydrogens (primary N) is 1. The lowest BCUT2D eigenvalue weighted by atomic mass is 9.52. The van der Waals surface area contributed by atoms with Crippen LogP contribution in [-0.2, 0) is 32.1 Å². The molecular weight excluding hydrogens is 564 g/mol. The van der Waals surface area contributed by atoms with Crippen LogP contribution in [0.3, 0.4) is 0 Å². The average Bonchev–Trinajstić information content (AvgIpc) is 3.40. The van der Waals surface area contributed by atoms with E-state index in [2.05, 4.69) is 4.90 Å². The summed E-state index contributed by atoms with van der Waals surface area (Å²) in [6.45, 7) is 2.28. The number of Topliss-reactive ketones (excluding diaryl/α,β-unsaturated/α-hetero) is 4. The van der Waals surface area contributed by atoms with Crippen molar-refractivity contribution in [2.45, 2.75) is 69.6 Å². The molecule has 0 radical (unpaired) electrons. The molecule has 1 aromatic rings. The monoisotopic (exact) mass is 608 g/mol. The lowest BCUT2D eigenvalue weighted by Crippen LogP contribution is -2.74. The first-order chi connectivity index (χ1) is 20.7. The van der Waals surface area contributed by atoms with Crippen LogP contribution in [0.5, 0.6) is 5.75 Å². The minimum Gasteiger partial charge on any atom is -0.507 e. The van der Waals surface area contributed by atoms with Gasteiger partial charge in [0, 0.05) is 37.8 Å². The van der Waals surface area contributed by atoms with Crippen molar-refractivity contribution in [3.05, 3.63) is 22.8 Å². The highest BCUT2D eigenvalue weighted by atomic mass is 16.3. The Bertz CT molecular complexity index is 1440. The number of likely N-dealkylation sites (N-methyl/N-ethyl adjacent to an activating group) is 1. The second kappa shape index (κ2) is 10.7. The number of hydrogen-bond donors (Lipinski definition) is 3. The van der Waals surface area contributed by atoms with Gasteiger partial charge in [0.25, 0.3) is 0 Å². The normalized spacial score (nSPS) is 33.4. The summed E-state index contributed by atoms with van der Waals surface area (Å²) in [5, 5.41) is 23.5. The number of rotatable bonds is 5. The van der Waals surface area contributed by atoms with Crippen LogP contribution in [-0.4, -0.2) is 102 Å². The Kier molecular flexibility index (Phi) is 7.53. The highest BCUT2D eigenvalue weighted by molar-refractivity contribution is 6.32. The summed E-state index contributed by atoms with van der Waals surface area (Å²) in [7, 11) is 6.89. The highest BCUT2D eigenvalue weighted by Gasteiger charge is 2.69. The van der Waals surface area contributed by atoms with Crippen molar-refractivity contribution in [3.63, 3.8) is 0 Å². The van der Waals surface area contributed by atoms with Gasteiger partial charge in [-0.15, -0.1) is 0 Å². The lowest BCUT2D eigenvalue weighted by molar-refractivity contribution is -0.181. The number of ketones is 4. The molecule has 4 fully saturated rings. The molecule has 11 heteroatoms. The van der Waals surface area contributed by atoms with Gasteiger partial charge in [-0.1, -0.05) is 12.8 Å². The maximum absolute atomic E-state index is 14.3. The number of carbonyl (C=O) groups is 5. The Hall–Kier alpha value is -3.15. The maximum Gasteiger partial charge on any atom is 0.235 e. The van der Waals surface area contributed by atoms with Gasteiger partial charge in [-0.25, -0.2) is 0 Å². The van der Waals surface area contributed by atoms with Gasteiger partial charge >= 0.3 is 0 Å². The van der Waals surface area contributed by atoms with Crippen molar-refractivity contribution in [2.24, 2.45) is 34.8 Å². The Morgan fingerprint density at radius 3 is 2.23 bits per heavy atom. The largest absolute Gasteiger partial charge is 0.507 e. The fourth-order valence-electron chi connectivity index (χ4n) is 9.28. The Morgan fingerprint density at radius 1 is 1.02 bits per heavy atom. The zero-order chi connectivity index (χ0) is 31.9. The summed E-state index contributed by atoms with van der Waals surface area (Å²) in [5.74, 6) is -10.2. The fourth-order valence-corrected chi connectivity index (χ4v) is 9.28. The number of phenols is 1. The summed E-state index contributed by atoms with van der Waals surface area (Å²) < 4.78 is 0. The third-order valence-electron chi connectivity index (χ3n) is 11.6. The summed E-state index contributed by atoms with van der Waals surface area (Å²) in [6, 6.07) is 0.810. The second-order valence-electron chi connectivity index (χ2n) is 14.4. The summed E-state index contributed by atoms with van der Waals surface area (Å²) in [6.07, 6.45) is 7.66. The van der Waals surface area contributed by atoms with Crippen LogP contribution in [0.15, 0.2) is 6.07 Å². The number of amides is 1. The predicted molar refractivity (Wildman–Crippen MR) is 161 cm³/mol. The molecule has 44 heavy (non-hydrogen) atoms. The quantitative estimate of drug-likeness (QED) is 0.413. The van der Waals surface area contributed by atoms with Crippen molar-refractivity contribution >= 4 is 34.7 Å². The minimum atomic E-state index is -2.72. The van der Waals surface area contributed by atoms with E-state index in [0.717, 1.165) is 31.6 Å². The van der Waals surface area contributed by atoms with Gasteiger partial charge in [-0.3, -0.25) is 33.8 Å². The average molecular weight is 609 g/mol. The second-order valence-corrected chi connectivity index (χ2v) is 14.4. The maximum atomic E-state index is 14.3. The van der Waals surface area contributed by atoms with Crippen LogP contribution in [0.25, 0.3) is 0 Å². The van der Waals surface area contributed by atoms with Crippen LogP contribution in [0, 0.1) is 29.1 Å². The predicted octanol–water partition coefficient (Wildman–Crippen LogP) is 1.09. The number of phenolic OH excluding ortho intramolecular Hbond substituents is 1. The standard InChI is InChI=1S/C33H44N4O7/c1-35(2)21-15-18(16-37-11-9-32(10-12-37)7-5-6-8-32)26(38)23-19(21)13-17-14-20-25(36(3)4)28(40)24(31(34)43)30(42)33(20,44)29(41)22(17)27(23)39/h15,17,20,22,24-25,38,44H,5-14,16H2,1-4H3,(H2,34,43)/t17?,20?,22?,24?,25-,33-/m0/s1. The molecule has 6 rings (SSSR count). The van der Waals surface area contributed by atoms with Crippen LogP contribution in [0.2, 0.25) is 0 Å². The van der Waals surface area contributed by atoms with E-state index in [9.17, 15) is 34.2 Å². The van der Waals surface area contributed by atoms with Crippen molar-refractivity contribution in [1.29, 1.82) is 0 Å². The molecule has 1 amide bonds. The summed E-state index contributed by atoms with van der Waals surface area (Å²) in [5.41, 5.74) is 5.18. The summed E-state index contributed by atoms with van der Waals surface area (Å²) in [4.78, 5) is 73.2. The molecule has 11 nitrogen and oxygen atoms in total. The molecular formula is C33H44N4O7. The van der Waals surface area contributed by atoms with Crippen molar-refractivity contribution in [3.8, 4) is 5.75 Å². The Labute approximate surface area is 257 Å². The first-order valence-electron chi connectivity index (χ1n) is 15.8. The van der Waals surface area contributed by atoms with Crippen molar-refractivity contribution < 1.29 is 34.2 Å². The number of carbonyl (C=O) groups excluding carboxylic acids is 5. The van der Waals surface area contributed by atoms with Gasteiger partial charge in [0.1, 0.15) is 5.75 Å². The van der Waals surface area contributed by atoms with Gasteiger partial charge < -0.3 is 20.8 Å². The molecule has 4 aliphatic carbocycles. The first-order valence-corrected chi connectivity index (χ1v) is 15.8. The molecule has 5 aliphatic rings. The number of primary amides is 1. The van der Waals surface area contributed by atoms with Crippen LogP contribution in [0.4, 0.5) is 5.69 Å². The zero-order valence-electron chi connectivity index (χ0n) is 26.1. The number of nitrogens with zero attached hydrogens (tertiary/aromatic N) is 3. The van der Waals surface area contributed by atoms with Crippen LogP contribution in [0.1, 0.15) is 66.4 Å². The van der Waals surface area contributed by atoms with Gasteiger partial charge in [-0.2, -0.15) is 0 Å². The van der Waals surface area contributed by atoms with Gasteiger partial charge in [0.05, 0.1) is 17.5 Å². The molecule has 1 aliphatic heterocycles. The molecule has 4 unspecified atom stereocenters. The minimum absolute atomic E-state index is 0.0365. The number of hydrogen-bond acceptors (Lipinski definition) is 10. The fraction of sp³-hybridized carbons (Fsp3) is 0.667. The molecule has 0 aromatic heterocycles. The Morgan fingerprint density at radius 2 is 1.66 bits per heavy atom. The van der Waals surface area contributed by atoms with Gasteiger partial charge in [0.15, 0.2) is 34.7 Å². The van der Waals surface area contributed by atoms with E-state index in [1.165, 1.54) is 30.6 Å². The molecule has 1 spiro atoms. The number of aliphatic hydroxyl groups is 1. The highest BCUT2D eigenvalue weighted by Crippen LogP contribution is 2.52. The number of likely N-dealkylation sites (tertiary alicyclic amines) is 1. The molecule has 6 atom stereocenters. The van der Waals surface area contributed by atoms with E-state index in [1.807, 2.05) is 25.1 Å². The molecule has 1 saturated heterocycles. The van der Waals surface area contributed by atoms with E-state index in [-0.39, 0.29) is 24.2 Å². The molecule has 0 bridgehead atoms. The van der Waals surface area contributed by atoms with E-state index in [0.29, 0.717) is 23.1 Å². The SMILES string of the molecule is CN(C)c1cc(CN2CCC3(CCCC3)CC2)c(O)c2c1CC1CC3[C@H](N(C)C)C(=O)C(C(N)=O)C(=O)[C@@]3(O)C(=O)C1C2=O.